The number of rotatable bonds is 7. The van der Waals surface area contributed by atoms with Gasteiger partial charge in [-0.1, -0.05) is 52.7 Å². The summed E-state index contributed by atoms with van der Waals surface area (Å²) in [5, 5.41) is 10.8. The molecule has 1 amide bonds. The average Bonchev–Trinajstić information content (AvgIpc) is 3.45. The van der Waals surface area contributed by atoms with Crippen LogP contribution in [0.15, 0.2) is 83.9 Å². The van der Waals surface area contributed by atoms with Crippen molar-refractivity contribution in [3.63, 3.8) is 0 Å². The zero-order valence-corrected chi connectivity index (χ0v) is 23.9. The molecule has 0 radical (unpaired) electrons. The average molecular weight is 606 g/mol. The van der Waals surface area contributed by atoms with Crippen molar-refractivity contribution in [2.45, 2.75) is 25.6 Å². The van der Waals surface area contributed by atoms with Gasteiger partial charge in [0.05, 0.1) is 35.0 Å². The molecule has 1 fully saturated rings. The molecule has 6 rings (SSSR count). The summed E-state index contributed by atoms with van der Waals surface area (Å²) in [5.74, 6) is -0.685. The van der Waals surface area contributed by atoms with Gasteiger partial charge < -0.3 is 14.2 Å². The van der Waals surface area contributed by atoms with E-state index in [1.165, 1.54) is 18.2 Å². The van der Waals surface area contributed by atoms with E-state index in [1.54, 1.807) is 38.5 Å². The van der Waals surface area contributed by atoms with Gasteiger partial charge in [-0.15, -0.1) is 5.10 Å². The predicted molar refractivity (Wildman–Crippen MR) is 159 cm³/mol. The molecular formula is C31H26Cl2FN5O3. The van der Waals surface area contributed by atoms with Gasteiger partial charge in [-0.3, -0.25) is 14.3 Å². The lowest BCUT2D eigenvalue weighted by atomic mass is 9.98. The van der Waals surface area contributed by atoms with Crippen LogP contribution in [0.4, 0.5) is 4.39 Å². The molecule has 1 aliphatic rings. The summed E-state index contributed by atoms with van der Waals surface area (Å²) in [6.07, 6.45) is 3.80. The van der Waals surface area contributed by atoms with Crippen LogP contribution in [0.2, 0.25) is 10.0 Å². The Hall–Kier alpha value is -4.05. The Bertz CT molecular complexity index is 1840. The molecule has 0 saturated carbocycles. The normalized spacial score (nSPS) is 15.3. The predicted octanol–water partition coefficient (Wildman–Crippen LogP) is 5.49. The van der Waals surface area contributed by atoms with Crippen molar-refractivity contribution in [3.05, 3.63) is 117 Å². The Morgan fingerprint density at radius 1 is 1.02 bits per heavy atom. The Morgan fingerprint density at radius 2 is 1.88 bits per heavy atom. The second-order valence-corrected chi connectivity index (χ2v) is 11.0. The third-order valence-electron chi connectivity index (χ3n) is 7.35. The van der Waals surface area contributed by atoms with Crippen LogP contribution in [0.5, 0.6) is 0 Å². The number of carbonyl (C=O) groups is 1. The summed E-state index contributed by atoms with van der Waals surface area (Å²) in [6.45, 7) is 2.03. The zero-order chi connectivity index (χ0) is 29.2. The summed E-state index contributed by atoms with van der Waals surface area (Å²) in [4.78, 5) is 28.1. The highest BCUT2D eigenvalue weighted by molar-refractivity contribution is 6.42. The second kappa shape index (κ2) is 12.1. The first-order chi connectivity index (χ1) is 20.4. The molecule has 2 aromatic heterocycles. The van der Waals surface area contributed by atoms with Gasteiger partial charge in [0, 0.05) is 49.4 Å². The van der Waals surface area contributed by atoms with E-state index >= 15 is 0 Å². The van der Waals surface area contributed by atoms with Crippen molar-refractivity contribution in [2.75, 3.05) is 19.7 Å². The van der Waals surface area contributed by atoms with Crippen LogP contribution >= 0.6 is 23.2 Å². The zero-order valence-electron chi connectivity index (χ0n) is 22.4. The summed E-state index contributed by atoms with van der Waals surface area (Å²) >= 11 is 12.3. The lowest BCUT2D eigenvalue weighted by Gasteiger charge is -2.33. The molecule has 0 N–H and O–H groups in total. The third-order valence-corrected chi connectivity index (χ3v) is 8.09. The fourth-order valence-electron chi connectivity index (χ4n) is 5.19. The molecule has 0 aliphatic carbocycles. The summed E-state index contributed by atoms with van der Waals surface area (Å²) < 4.78 is 23.5. The molecule has 1 aliphatic heterocycles. The molecule has 3 heterocycles. The SMILES string of the molecule is O=C(c1ccc(F)cc1-c1ccc(Cl)c(Cl)c1)N1CCOC(Cc2cn(CCn3ccc4ccccc4c3=O)nn2)C1. The maximum absolute atomic E-state index is 14.2. The molecule has 1 unspecified atom stereocenters. The molecule has 3 aromatic carbocycles. The largest absolute Gasteiger partial charge is 0.374 e. The standard InChI is InChI=1S/C31H26Cl2FN5O3/c32-28-8-5-21(15-29(28)33)27-16-22(34)6-7-26(27)31(41)38-13-14-42-24(19-38)17-23-18-39(36-35-23)12-11-37-10-9-20-3-1-2-4-25(20)30(37)40/h1-10,15-16,18,24H,11-14,17,19H2. The second-order valence-electron chi connectivity index (χ2n) is 10.1. The fourth-order valence-corrected chi connectivity index (χ4v) is 5.49. The van der Waals surface area contributed by atoms with E-state index in [0.29, 0.717) is 71.3 Å². The van der Waals surface area contributed by atoms with Crippen LogP contribution in [0.25, 0.3) is 21.9 Å². The van der Waals surface area contributed by atoms with E-state index in [9.17, 15) is 14.0 Å². The lowest BCUT2D eigenvalue weighted by Crippen LogP contribution is -2.46. The van der Waals surface area contributed by atoms with Gasteiger partial charge in [-0.05, 0) is 59.0 Å². The van der Waals surface area contributed by atoms with E-state index in [0.717, 1.165) is 11.1 Å². The molecule has 0 bridgehead atoms. The molecule has 0 spiro atoms. The number of hydrogen-bond acceptors (Lipinski definition) is 5. The molecule has 5 aromatic rings. The summed E-state index contributed by atoms with van der Waals surface area (Å²) in [6, 6.07) is 18.5. The summed E-state index contributed by atoms with van der Waals surface area (Å²) in [7, 11) is 0. The van der Waals surface area contributed by atoms with Gasteiger partial charge in [0.15, 0.2) is 0 Å². The number of pyridine rings is 1. The number of aryl methyl sites for hydroxylation is 2. The highest BCUT2D eigenvalue weighted by atomic mass is 35.5. The Kier molecular flexibility index (Phi) is 8.06. The Labute approximate surface area is 250 Å². The lowest BCUT2D eigenvalue weighted by molar-refractivity contribution is -0.0211. The molecule has 1 atom stereocenters. The minimum atomic E-state index is -0.457. The number of amides is 1. The fraction of sp³-hybridized carbons (Fsp3) is 0.226. The van der Waals surface area contributed by atoms with E-state index < -0.39 is 5.82 Å². The van der Waals surface area contributed by atoms with Crippen LogP contribution in [0.1, 0.15) is 16.1 Å². The molecule has 1 saturated heterocycles. The van der Waals surface area contributed by atoms with Gasteiger partial charge in [-0.2, -0.15) is 0 Å². The van der Waals surface area contributed by atoms with Crippen molar-refractivity contribution < 1.29 is 13.9 Å². The number of carbonyl (C=O) groups excluding carboxylic acids is 1. The molecule has 42 heavy (non-hydrogen) atoms. The molecule has 214 valence electrons. The number of morpholine rings is 1. The topological polar surface area (TPSA) is 82.2 Å². The number of aromatic nitrogens is 4. The Balaban J connectivity index is 1.12. The van der Waals surface area contributed by atoms with E-state index in [2.05, 4.69) is 10.3 Å². The highest BCUT2D eigenvalue weighted by Gasteiger charge is 2.28. The van der Waals surface area contributed by atoms with E-state index in [-0.39, 0.29) is 17.6 Å². The van der Waals surface area contributed by atoms with Crippen molar-refractivity contribution in [1.82, 2.24) is 24.5 Å². The molecular weight excluding hydrogens is 580 g/mol. The van der Waals surface area contributed by atoms with Gasteiger partial charge in [0.1, 0.15) is 5.82 Å². The van der Waals surface area contributed by atoms with Gasteiger partial charge in [0.25, 0.3) is 11.5 Å². The minimum absolute atomic E-state index is 0.0442. The van der Waals surface area contributed by atoms with E-state index in [1.807, 2.05) is 36.5 Å². The highest BCUT2D eigenvalue weighted by Crippen LogP contribution is 2.32. The van der Waals surface area contributed by atoms with Gasteiger partial charge in [0.2, 0.25) is 0 Å². The molecule has 8 nitrogen and oxygen atoms in total. The quantitative estimate of drug-likeness (QED) is 0.245. The van der Waals surface area contributed by atoms with Crippen molar-refractivity contribution in [1.29, 1.82) is 0 Å². The first-order valence-electron chi connectivity index (χ1n) is 13.5. The number of nitrogens with zero attached hydrogens (tertiary/aromatic N) is 5. The number of halogens is 3. The van der Waals surface area contributed by atoms with Crippen molar-refractivity contribution in [2.24, 2.45) is 0 Å². The maximum atomic E-state index is 14.2. The number of fused-ring (bicyclic) bond motifs is 1. The first kappa shape index (κ1) is 28.1. The smallest absolute Gasteiger partial charge is 0.258 e. The van der Waals surface area contributed by atoms with Gasteiger partial charge in [-0.25, -0.2) is 4.39 Å². The van der Waals surface area contributed by atoms with Crippen molar-refractivity contribution >= 4 is 39.9 Å². The van der Waals surface area contributed by atoms with Crippen LogP contribution in [-0.2, 0) is 24.2 Å². The number of hydrogen-bond donors (Lipinski definition) is 0. The van der Waals surface area contributed by atoms with Crippen LogP contribution in [0, 0.1) is 5.82 Å². The van der Waals surface area contributed by atoms with Crippen LogP contribution in [-0.4, -0.2) is 56.2 Å². The minimum Gasteiger partial charge on any atom is -0.374 e. The summed E-state index contributed by atoms with van der Waals surface area (Å²) in [5.41, 5.74) is 2.08. The van der Waals surface area contributed by atoms with Gasteiger partial charge >= 0.3 is 0 Å². The number of ether oxygens (including phenoxy) is 1. The van der Waals surface area contributed by atoms with Crippen LogP contribution < -0.4 is 5.56 Å². The number of benzene rings is 3. The first-order valence-corrected chi connectivity index (χ1v) is 14.2. The maximum Gasteiger partial charge on any atom is 0.258 e. The third kappa shape index (κ3) is 5.94. The monoisotopic (exact) mass is 605 g/mol. The van der Waals surface area contributed by atoms with Crippen LogP contribution in [0.3, 0.4) is 0 Å². The van der Waals surface area contributed by atoms with Crippen molar-refractivity contribution in [3.8, 4) is 11.1 Å². The molecule has 11 heteroatoms. The Morgan fingerprint density at radius 3 is 2.74 bits per heavy atom. The van der Waals surface area contributed by atoms with E-state index in [4.69, 9.17) is 27.9 Å².